The van der Waals surface area contributed by atoms with Crippen LogP contribution in [0, 0.1) is 0 Å². The predicted molar refractivity (Wildman–Crippen MR) is 79.2 cm³/mol. The average Bonchev–Trinajstić information content (AvgIpc) is 2.95. The van der Waals surface area contributed by atoms with Gasteiger partial charge in [0.15, 0.2) is 0 Å². The van der Waals surface area contributed by atoms with Gasteiger partial charge in [0.25, 0.3) is 5.56 Å². The fourth-order valence-electron chi connectivity index (χ4n) is 2.31. The molecule has 6 heteroatoms. The van der Waals surface area contributed by atoms with Gasteiger partial charge in [-0.2, -0.15) is 0 Å². The minimum atomic E-state index is -0.117. The Bertz CT molecular complexity index is 807. The van der Waals surface area contributed by atoms with Crippen LogP contribution >= 0.6 is 0 Å². The van der Waals surface area contributed by atoms with E-state index in [2.05, 4.69) is 9.97 Å². The molecule has 0 aliphatic carbocycles. The lowest BCUT2D eigenvalue weighted by molar-refractivity contribution is 0.186. The van der Waals surface area contributed by atoms with Gasteiger partial charge in [-0.15, -0.1) is 0 Å². The van der Waals surface area contributed by atoms with Crippen LogP contribution in [0.25, 0.3) is 11.0 Å². The molecule has 0 radical (unpaired) electrons. The monoisotopic (exact) mass is 284 g/mol. The molecule has 0 N–H and O–H groups in total. The normalized spacial score (nSPS) is 11.1. The second-order valence-corrected chi connectivity index (χ2v) is 4.74. The van der Waals surface area contributed by atoms with Crippen LogP contribution in [0.2, 0.25) is 0 Å². The highest BCUT2D eigenvalue weighted by molar-refractivity contribution is 5.74. The Morgan fingerprint density at radius 3 is 2.95 bits per heavy atom. The summed E-state index contributed by atoms with van der Waals surface area (Å²) in [6.45, 7) is 1.78. The van der Waals surface area contributed by atoms with Gasteiger partial charge in [-0.3, -0.25) is 9.36 Å². The summed E-state index contributed by atoms with van der Waals surface area (Å²) in [6, 6.07) is 7.61. The molecule has 3 rings (SSSR count). The molecule has 0 fully saturated rings. The molecule has 0 amide bonds. The summed E-state index contributed by atoms with van der Waals surface area (Å²) in [5.41, 5.74) is 2.48. The Morgan fingerprint density at radius 1 is 1.24 bits per heavy atom. The number of methoxy groups -OCH3 is 1. The van der Waals surface area contributed by atoms with Crippen LogP contribution in [0.4, 0.5) is 0 Å². The largest absolute Gasteiger partial charge is 0.383 e. The number of imidazole rings is 1. The van der Waals surface area contributed by atoms with Crippen LogP contribution in [0.15, 0.2) is 47.8 Å². The first-order valence-electron chi connectivity index (χ1n) is 6.72. The lowest BCUT2D eigenvalue weighted by Gasteiger charge is -2.11. The fourth-order valence-corrected chi connectivity index (χ4v) is 2.31. The van der Waals surface area contributed by atoms with Crippen LogP contribution < -0.4 is 5.56 Å². The number of rotatable bonds is 5. The summed E-state index contributed by atoms with van der Waals surface area (Å²) >= 11 is 0. The van der Waals surface area contributed by atoms with Crippen molar-refractivity contribution in [2.24, 2.45) is 0 Å². The van der Waals surface area contributed by atoms with Gasteiger partial charge in [0.2, 0.25) is 0 Å². The molecule has 3 aromatic rings. The van der Waals surface area contributed by atoms with E-state index in [1.807, 2.05) is 28.8 Å². The van der Waals surface area contributed by atoms with Crippen LogP contribution in [-0.2, 0) is 17.8 Å². The van der Waals surface area contributed by atoms with Gasteiger partial charge in [-0.1, -0.05) is 12.1 Å². The van der Waals surface area contributed by atoms with E-state index in [1.54, 1.807) is 24.2 Å². The molecule has 1 aromatic carbocycles. The van der Waals surface area contributed by atoms with Gasteiger partial charge in [0, 0.05) is 19.9 Å². The molecule has 0 saturated heterocycles. The van der Waals surface area contributed by atoms with E-state index in [1.165, 1.54) is 6.20 Å². The first kappa shape index (κ1) is 13.5. The molecule has 21 heavy (non-hydrogen) atoms. The van der Waals surface area contributed by atoms with Crippen molar-refractivity contribution in [3.8, 4) is 0 Å². The molecule has 108 valence electrons. The van der Waals surface area contributed by atoms with Crippen molar-refractivity contribution in [3.63, 3.8) is 0 Å². The zero-order valence-corrected chi connectivity index (χ0v) is 11.8. The van der Waals surface area contributed by atoms with Gasteiger partial charge in [-0.25, -0.2) is 9.97 Å². The minimum absolute atomic E-state index is 0.117. The highest BCUT2D eigenvalue weighted by Gasteiger charge is 2.08. The van der Waals surface area contributed by atoms with Crippen LogP contribution in [-0.4, -0.2) is 32.8 Å². The third kappa shape index (κ3) is 2.71. The molecular weight excluding hydrogens is 268 g/mol. The van der Waals surface area contributed by atoms with Crippen LogP contribution in [0.5, 0.6) is 0 Å². The maximum absolute atomic E-state index is 12.1. The molecule has 0 aliphatic rings. The highest BCUT2D eigenvalue weighted by Crippen LogP contribution is 2.10. The van der Waals surface area contributed by atoms with Crippen molar-refractivity contribution in [2.75, 3.05) is 13.7 Å². The fraction of sp³-hybridized carbons (Fsp3) is 0.267. The SMILES string of the molecule is COCCn1cncc1Cn1c(=O)cnc2ccccc21. The van der Waals surface area contributed by atoms with E-state index in [0.717, 1.165) is 16.7 Å². The molecule has 2 aromatic heterocycles. The predicted octanol–water partition coefficient (Wildman–Crippen LogP) is 1.29. The van der Waals surface area contributed by atoms with Crippen LogP contribution in [0.3, 0.4) is 0 Å². The number of hydrogen-bond donors (Lipinski definition) is 0. The van der Waals surface area contributed by atoms with E-state index in [0.29, 0.717) is 19.7 Å². The minimum Gasteiger partial charge on any atom is -0.383 e. The molecule has 2 heterocycles. The molecule has 0 spiro atoms. The summed E-state index contributed by atoms with van der Waals surface area (Å²) in [6.07, 6.45) is 4.89. The van der Waals surface area contributed by atoms with Crippen molar-refractivity contribution >= 4 is 11.0 Å². The number of fused-ring (bicyclic) bond motifs is 1. The van der Waals surface area contributed by atoms with Crippen molar-refractivity contribution in [1.82, 2.24) is 19.1 Å². The van der Waals surface area contributed by atoms with E-state index < -0.39 is 0 Å². The average molecular weight is 284 g/mol. The van der Waals surface area contributed by atoms with E-state index in [9.17, 15) is 4.79 Å². The van der Waals surface area contributed by atoms with Gasteiger partial charge in [-0.05, 0) is 12.1 Å². The highest BCUT2D eigenvalue weighted by atomic mass is 16.5. The Balaban J connectivity index is 2.00. The molecule has 0 aliphatic heterocycles. The molecule has 0 saturated carbocycles. The standard InChI is InChI=1S/C15H16N4O2/c1-21-7-6-18-11-16-8-12(18)10-19-14-5-3-2-4-13(14)17-9-15(19)20/h2-5,8-9,11H,6-7,10H2,1H3. The third-order valence-electron chi connectivity index (χ3n) is 3.41. The number of ether oxygens (including phenoxy) is 1. The number of aromatic nitrogens is 4. The third-order valence-corrected chi connectivity index (χ3v) is 3.41. The maximum Gasteiger partial charge on any atom is 0.269 e. The lowest BCUT2D eigenvalue weighted by atomic mass is 10.3. The van der Waals surface area contributed by atoms with Crippen LogP contribution in [0.1, 0.15) is 5.69 Å². The molecule has 0 atom stereocenters. The van der Waals surface area contributed by atoms with Gasteiger partial charge >= 0.3 is 0 Å². The molecule has 6 nitrogen and oxygen atoms in total. The molecule has 0 bridgehead atoms. The van der Waals surface area contributed by atoms with E-state index in [4.69, 9.17) is 4.74 Å². The topological polar surface area (TPSA) is 61.9 Å². The molecule has 0 unspecified atom stereocenters. The number of hydrogen-bond acceptors (Lipinski definition) is 4. The Kier molecular flexibility index (Phi) is 3.79. The second-order valence-electron chi connectivity index (χ2n) is 4.74. The summed E-state index contributed by atoms with van der Waals surface area (Å²) in [4.78, 5) is 20.5. The Hall–Kier alpha value is -2.47. The van der Waals surface area contributed by atoms with Crippen molar-refractivity contribution in [2.45, 2.75) is 13.1 Å². The van der Waals surface area contributed by atoms with E-state index >= 15 is 0 Å². The van der Waals surface area contributed by atoms with E-state index in [-0.39, 0.29) is 5.56 Å². The zero-order valence-electron chi connectivity index (χ0n) is 11.8. The second kappa shape index (κ2) is 5.88. The summed E-state index contributed by atoms with van der Waals surface area (Å²) in [7, 11) is 1.66. The molecular formula is C15H16N4O2. The number of nitrogens with zero attached hydrogens (tertiary/aromatic N) is 4. The van der Waals surface area contributed by atoms with Crippen molar-refractivity contribution < 1.29 is 4.74 Å². The Labute approximate surface area is 121 Å². The first-order chi connectivity index (χ1) is 10.3. The van der Waals surface area contributed by atoms with Crippen molar-refractivity contribution in [3.05, 3.63) is 59.0 Å². The number of para-hydroxylation sites is 2. The van der Waals surface area contributed by atoms with Gasteiger partial charge in [0.1, 0.15) is 0 Å². The van der Waals surface area contributed by atoms with Crippen molar-refractivity contribution in [1.29, 1.82) is 0 Å². The first-order valence-corrected chi connectivity index (χ1v) is 6.72. The van der Waals surface area contributed by atoms with Gasteiger partial charge < -0.3 is 9.30 Å². The zero-order chi connectivity index (χ0) is 14.7. The van der Waals surface area contributed by atoms with Gasteiger partial charge in [0.05, 0.1) is 42.4 Å². The summed E-state index contributed by atoms with van der Waals surface area (Å²) in [5, 5.41) is 0. The summed E-state index contributed by atoms with van der Waals surface area (Å²) < 4.78 is 8.79. The quantitative estimate of drug-likeness (QED) is 0.708. The number of benzene rings is 1. The maximum atomic E-state index is 12.1. The lowest BCUT2D eigenvalue weighted by Crippen LogP contribution is -2.22. The smallest absolute Gasteiger partial charge is 0.269 e. The summed E-state index contributed by atoms with van der Waals surface area (Å²) in [5.74, 6) is 0. The Morgan fingerprint density at radius 2 is 2.10 bits per heavy atom.